The summed E-state index contributed by atoms with van der Waals surface area (Å²) in [5.74, 6) is 0. The molecule has 0 saturated carbocycles. The maximum atomic E-state index is 10.5. The van der Waals surface area contributed by atoms with Crippen LogP contribution in [0.25, 0.3) is 11.3 Å². The lowest BCUT2D eigenvalue weighted by Crippen LogP contribution is -1.87. The number of aldehydes is 1. The van der Waals surface area contributed by atoms with Crippen LogP contribution in [-0.4, -0.2) is 11.3 Å². The molecule has 0 saturated heterocycles. The minimum atomic E-state index is 0.530. The van der Waals surface area contributed by atoms with Gasteiger partial charge in [-0.05, 0) is 30.3 Å². The van der Waals surface area contributed by atoms with E-state index in [2.05, 4.69) is 4.98 Å². The third-order valence-corrected chi connectivity index (χ3v) is 2.69. The van der Waals surface area contributed by atoms with Gasteiger partial charge in [-0.25, -0.2) is 0 Å². The zero-order valence-corrected chi connectivity index (χ0v) is 9.66. The van der Waals surface area contributed by atoms with Gasteiger partial charge in [-0.15, -0.1) is 0 Å². The summed E-state index contributed by atoms with van der Waals surface area (Å²) in [4.78, 5) is 14.6. The van der Waals surface area contributed by atoms with E-state index in [-0.39, 0.29) is 0 Å². The van der Waals surface area contributed by atoms with Crippen LogP contribution in [-0.2, 0) is 0 Å². The fourth-order valence-corrected chi connectivity index (χ4v) is 1.71. The number of benzene rings is 1. The number of rotatable bonds is 2. The van der Waals surface area contributed by atoms with Crippen LogP contribution in [0.15, 0.2) is 36.5 Å². The van der Waals surface area contributed by atoms with Crippen molar-refractivity contribution in [3.63, 3.8) is 0 Å². The largest absolute Gasteiger partial charge is 0.298 e. The summed E-state index contributed by atoms with van der Waals surface area (Å²) < 4.78 is 0. The van der Waals surface area contributed by atoms with Crippen molar-refractivity contribution in [2.45, 2.75) is 0 Å². The smallest absolute Gasteiger partial charge is 0.151 e. The first-order chi connectivity index (χ1) is 7.70. The van der Waals surface area contributed by atoms with Crippen LogP contribution in [0, 0.1) is 0 Å². The molecule has 0 fully saturated rings. The predicted octanol–water partition coefficient (Wildman–Crippen LogP) is 3.87. The molecule has 0 bridgehead atoms. The van der Waals surface area contributed by atoms with Gasteiger partial charge in [-0.2, -0.15) is 0 Å². The Morgan fingerprint density at radius 2 is 1.94 bits per heavy atom. The Bertz CT molecular complexity index is 523. The molecular formula is C12H7Cl2NO. The first-order valence-electron chi connectivity index (χ1n) is 4.57. The minimum Gasteiger partial charge on any atom is -0.298 e. The molecule has 0 spiro atoms. The summed E-state index contributed by atoms with van der Waals surface area (Å²) >= 11 is 11.9. The van der Waals surface area contributed by atoms with Crippen molar-refractivity contribution in [1.29, 1.82) is 0 Å². The summed E-state index contributed by atoms with van der Waals surface area (Å²) in [6, 6.07) is 8.60. The molecule has 80 valence electrons. The van der Waals surface area contributed by atoms with Gasteiger partial charge in [-0.1, -0.05) is 23.2 Å². The average Bonchev–Trinajstić information content (AvgIpc) is 2.32. The van der Waals surface area contributed by atoms with Gasteiger partial charge in [0.05, 0.1) is 10.7 Å². The van der Waals surface area contributed by atoms with Crippen molar-refractivity contribution in [2.75, 3.05) is 0 Å². The number of hydrogen-bond donors (Lipinski definition) is 0. The summed E-state index contributed by atoms with van der Waals surface area (Å²) in [5.41, 5.74) is 1.98. The molecule has 16 heavy (non-hydrogen) atoms. The van der Waals surface area contributed by atoms with E-state index >= 15 is 0 Å². The second-order valence-corrected chi connectivity index (χ2v) is 4.06. The number of carbonyl (C=O) groups excluding carboxylic acids is 1. The lowest BCUT2D eigenvalue weighted by molar-refractivity contribution is 0.112. The van der Waals surface area contributed by atoms with Gasteiger partial charge in [0, 0.05) is 22.3 Å². The number of aromatic nitrogens is 1. The monoisotopic (exact) mass is 251 g/mol. The molecule has 4 heteroatoms. The zero-order valence-electron chi connectivity index (χ0n) is 8.15. The topological polar surface area (TPSA) is 30.0 Å². The minimum absolute atomic E-state index is 0.530. The molecular weight excluding hydrogens is 245 g/mol. The fourth-order valence-electron chi connectivity index (χ4n) is 1.33. The van der Waals surface area contributed by atoms with E-state index in [1.807, 2.05) is 0 Å². The molecule has 1 aromatic heterocycles. The van der Waals surface area contributed by atoms with E-state index in [0.717, 1.165) is 11.8 Å². The fraction of sp³-hybridized carbons (Fsp3) is 0. The van der Waals surface area contributed by atoms with Gasteiger partial charge < -0.3 is 0 Å². The Morgan fingerprint density at radius 1 is 1.12 bits per heavy atom. The van der Waals surface area contributed by atoms with Crippen LogP contribution in [0.2, 0.25) is 10.0 Å². The Balaban J connectivity index is 2.49. The van der Waals surface area contributed by atoms with Crippen molar-refractivity contribution >= 4 is 29.5 Å². The molecule has 1 heterocycles. The molecule has 0 radical (unpaired) electrons. The van der Waals surface area contributed by atoms with E-state index < -0.39 is 0 Å². The average molecular weight is 252 g/mol. The highest BCUT2D eigenvalue weighted by atomic mass is 35.5. The van der Waals surface area contributed by atoms with E-state index in [1.54, 1.807) is 30.3 Å². The van der Waals surface area contributed by atoms with E-state index in [9.17, 15) is 4.79 Å². The van der Waals surface area contributed by atoms with Crippen LogP contribution >= 0.6 is 23.2 Å². The SMILES string of the molecule is O=Cc1ccc(-c2cc(Cl)ccc2Cl)nc1. The first kappa shape index (κ1) is 11.1. The molecule has 1 aromatic carbocycles. The summed E-state index contributed by atoms with van der Waals surface area (Å²) in [6.07, 6.45) is 2.25. The van der Waals surface area contributed by atoms with E-state index in [0.29, 0.717) is 21.3 Å². The molecule has 0 aliphatic heterocycles. The Morgan fingerprint density at radius 3 is 2.56 bits per heavy atom. The normalized spacial score (nSPS) is 10.1. The van der Waals surface area contributed by atoms with Crippen molar-refractivity contribution in [3.05, 3.63) is 52.1 Å². The summed E-state index contributed by atoms with van der Waals surface area (Å²) in [5, 5.41) is 1.18. The number of halogens is 2. The number of pyridine rings is 1. The van der Waals surface area contributed by atoms with Crippen LogP contribution in [0.3, 0.4) is 0 Å². The molecule has 0 amide bonds. The molecule has 0 aliphatic rings. The first-order valence-corrected chi connectivity index (χ1v) is 5.33. The Labute approximate surface area is 103 Å². The third-order valence-electron chi connectivity index (χ3n) is 2.13. The van der Waals surface area contributed by atoms with Crippen molar-refractivity contribution in [2.24, 2.45) is 0 Å². The van der Waals surface area contributed by atoms with Crippen molar-refractivity contribution < 1.29 is 4.79 Å². The molecule has 2 nitrogen and oxygen atoms in total. The van der Waals surface area contributed by atoms with Crippen LogP contribution in [0.5, 0.6) is 0 Å². The lowest BCUT2D eigenvalue weighted by atomic mass is 10.1. The molecule has 2 aromatic rings. The van der Waals surface area contributed by atoms with Crippen LogP contribution < -0.4 is 0 Å². The molecule has 0 unspecified atom stereocenters. The van der Waals surface area contributed by atoms with Gasteiger partial charge in [0.2, 0.25) is 0 Å². The maximum absolute atomic E-state index is 10.5. The highest BCUT2D eigenvalue weighted by molar-refractivity contribution is 6.35. The molecule has 2 rings (SSSR count). The van der Waals surface area contributed by atoms with E-state index in [1.165, 1.54) is 6.20 Å². The highest BCUT2D eigenvalue weighted by Crippen LogP contribution is 2.29. The van der Waals surface area contributed by atoms with Crippen molar-refractivity contribution in [3.8, 4) is 11.3 Å². The number of nitrogens with zero attached hydrogens (tertiary/aromatic N) is 1. The van der Waals surface area contributed by atoms with Gasteiger partial charge in [-0.3, -0.25) is 9.78 Å². The van der Waals surface area contributed by atoms with Gasteiger partial charge in [0.1, 0.15) is 0 Å². The van der Waals surface area contributed by atoms with Gasteiger partial charge in [0.25, 0.3) is 0 Å². The van der Waals surface area contributed by atoms with Crippen molar-refractivity contribution in [1.82, 2.24) is 4.98 Å². The number of hydrogen-bond acceptors (Lipinski definition) is 2. The molecule has 0 aliphatic carbocycles. The Hall–Kier alpha value is -1.38. The maximum Gasteiger partial charge on any atom is 0.151 e. The predicted molar refractivity (Wildman–Crippen MR) is 65.1 cm³/mol. The van der Waals surface area contributed by atoms with Crippen LogP contribution in [0.1, 0.15) is 10.4 Å². The highest BCUT2D eigenvalue weighted by Gasteiger charge is 2.05. The second-order valence-electron chi connectivity index (χ2n) is 3.22. The molecule has 0 atom stereocenters. The summed E-state index contributed by atoms with van der Waals surface area (Å²) in [6.45, 7) is 0. The second kappa shape index (κ2) is 4.64. The lowest BCUT2D eigenvalue weighted by Gasteiger charge is -2.04. The standard InChI is InChI=1S/C12H7Cl2NO/c13-9-2-3-11(14)10(5-9)12-4-1-8(7-16)6-15-12/h1-7H. The summed E-state index contributed by atoms with van der Waals surface area (Å²) in [7, 11) is 0. The van der Waals surface area contributed by atoms with E-state index in [4.69, 9.17) is 23.2 Å². The zero-order chi connectivity index (χ0) is 11.5. The Kier molecular flexibility index (Phi) is 3.22. The van der Waals surface area contributed by atoms with Crippen LogP contribution in [0.4, 0.5) is 0 Å². The van der Waals surface area contributed by atoms with Gasteiger partial charge >= 0.3 is 0 Å². The quantitative estimate of drug-likeness (QED) is 0.759. The molecule has 0 N–H and O–H groups in total. The number of carbonyl (C=O) groups is 1. The third kappa shape index (κ3) is 2.23. The van der Waals surface area contributed by atoms with Gasteiger partial charge in [0.15, 0.2) is 6.29 Å².